The Kier molecular flexibility index (Phi) is 3.49. The summed E-state index contributed by atoms with van der Waals surface area (Å²) in [6, 6.07) is 12.1. The number of fused-ring (bicyclic) bond motifs is 4. The molecule has 3 heterocycles. The Morgan fingerprint density at radius 2 is 2.00 bits per heavy atom. The second-order valence-corrected chi connectivity index (χ2v) is 6.41. The summed E-state index contributed by atoms with van der Waals surface area (Å²) in [6.45, 7) is 0.986. The van der Waals surface area contributed by atoms with Gasteiger partial charge < -0.3 is 14.8 Å². The van der Waals surface area contributed by atoms with Gasteiger partial charge in [-0.1, -0.05) is 12.1 Å². The highest BCUT2D eigenvalue weighted by Gasteiger charge is 2.34. The van der Waals surface area contributed by atoms with Crippen molar-refractivity contribution in [3.8, 4) is 11.5 Å². The van der Waals surface area contributed by atoms with Gasteiger partial charge in [-0.15, -0.1) is 0 Å². The summed E-state index contributed by atoms with van der Waals surface area (Å²) in [5, 5.41) is 5.57. The molecule has 136 valence electrons. The maximum Gasteiger partial charge on any atom is 0.250 e. The van der Waals surface area contributed by atoms with Crippen LogP contribution in [0.1, 0.15) is 12.5 Å². The van der Waals surface area contributed by atoms with Crippen LogP contribution in [0.4, 0.5) is 11.6 Å². The molecule has 0 fully saturated rings. The molecule has 2 N–H and O–H groups in total. The molecular formula is C19H16N4O4. The van der Waals surface area contributed by atoms with Crippen molar-refractivity contribution in [1.29, 1.82) is 0 Å². The molecule has 0 bridgehead atoms. The van der Waals surface area contributed by atoms with Gasteiger partial charge in [-0.25, -0.2) is 4.98 Å². The molecule has 27 heavy (non-hydrogen) atoms. The van der Waals surface area contributed by atoms with Crippen molar-refractivity contribution in [2.24, 2.45) is 0 Å². The molecule has 0 aliphatic carbocycles. The number of para-hydroxylation sites is 2. The number of nitrogens with zero attached hydrogens (tertiary/aromatic N) is 2. The topological polar surface area (TPSA) is 94.5 Å². The molecule has 8 nitrogen and oxygen atoms in total. The van der Waals surface area contributed by atoms with Gasteiger partial charge in [-0.2, -0.15) is 0 Å². The number of carbonyl (C=O) groups excluding carboxylic acids is 2. The summed E-state index contributed by atoms with van der Waals surface area (Å²) in [5.74, 6) is 1.22. The number of benzene rings is 2. The average molecular weight is 364 g/mol. The molecule has 3 aromatic rings. The van der Waals surface area contributed by atoms with Crippen LogP contribution in [0.5, 0.6) is 11.5 Å². The van der Waals surface area contributed by atoms with E-state index in [1.165, 1.54) is 0 Å². The van der Waals surface area contributed by atoms with Crippen LogP contribution in [-0.2, 0) is 9.59 Å². The van der Waals surface area contributed by atoms with Crippen LogP contribution < -0.4 is 20.1 Å². The molecule has 1 aromatic heterocycles. The monoisotopic (exact) mass is 364 g/mol. The first-order valence-electron chi connectivity index (χ1n) is 8.66. The number of nitrogens with one attached hydrogen (secondary N) is 2. The van der Waals surface area contributed by atoms with Crippen LogP contribution in [-0.4, -0.2) is 34.6 Å². The summed E-state index contributed by atoms with van der Waals surface area (Å²) < 4.78 is 12.8. The highest BCUT2D eigenvalue weighted by atomic mass is 16.6. The number of rotatable bonds is 3. The molecule has 1 unspecified atom stereocenters. The predicted molar refractivity (Wildman–Crippen MR) is 98.1 cm³/mol. The SMILES string of the molecule is O=C(CC1C(=O)Nc2nc3ccccc3n21)Nc1ccc2c(c1)OCCO2. The number of ether oxygens (including phenoxy) is 2. The van der Waals surface area contributed by atoms with Crippen LogP contribution in [0.2, 0.25) is 0 Å². The number of anilines is 2. The largest absolute Gasteiger partial charge is 0.486 e. The molecule has 0 spiro atoms. The van der Waals surface area contributed by atoms with E-state index in [0.29, 0.717) is 36.3 Å². The molecule has 2 aliphatic heterocycles. The van der Waals surface area contributed by atoms with Gasteiger partial charge in [0.2, 0.25) is 17.8 Å². The number of imidazole rings is 1. The third-order valence-corrected chi connectivity index (χ3v) is 4.65. The molecule has 0 radical (unpaired) electrons. The average Bonchev–Trinajstić information content (AvgIpc) is 3.17. The maximum absolute atomic E-state index is 12.6. The summed E-state index contributed by atoms with van der Waals surface area (Å²) in [6.07, 6.45) is 0.00757. The highest BCUT2D eigenvalue weighted by molar-refractivity contribution is 6.03. The molecule has 2 aliphatic rings. The fraction of sp³-hybridized carbons (Fsp3) is 0.211. The van der Waals surface area contributed by atoms with Gasteiger partial charge in [-0.3, -0.25) is 19.5 Å². The van der Waals surface area contributed by atoms with E-state index in [-0.39, 0.29) is 18.2 Å². The molecule has 8 heteroatoms. The zero-order valence-electron chi connectivity index (χ0n) is 14.3. The van der Waals surface area contributed by atoms with Crippen LogP contribution in [0, 0.1) is 0 Å². The first-order chi connectivity index (χ1) is 13.2. The molecule has 0 saturated carbocycles. The third kappa shape index (κ3) is 2.66. The van der Waals surface area contributed by atoms with Crippen LogP contribution in [0.15, 0.2) is 42.5 Å². The van der Waals surface area contributed by atoms with E-state index in [1.807, 2.05) is 24.3 Å². The van der Waals surface area contributed by atoms with Crippen LogP contribution in [0.25, 0.3) is 11.0 Å². The summed E-state index contributed by atoms with van der Waals surface area (Å²) >= 11 is 0. The summed E-state index contributed by atoms with van der Waals surface area (Å²) in [4.78, 5) is 29.3. The fourth-order valence-corrected chi connectivity index (χ4v) is 3.45. The first-order valence-corrected chi connectivity index (χ1v) is 8.66. The van der Waals surface area contributed by atoms with Gasteiger partial charge in [0.25, 0.3) is 0 Å². The lowest BCUT2D eigenvalue weighted by molar-refractivity contribution is -0.123. The Bertz CT molecular complexity index is 1070. The Morgan fingerprint density at radius 3 is 2.89 bits per heavy atom. The molecule has 1 atom stereocenters. The lowest BCUT2D eigenvalue weighted by atomic mass is 10.1. The van der Waals surface area contributed by atoms with Gasteiger partial charge in [-0.05, 0) is 24.3 Å². The Labute approximate surface area is 154 Å². The van der Waals surface area contributed by atoms with Crippen molar-refractivity contribution in [2.45, 2.75) is 12.5 Å². The standard InChI is InChI=1S/C19H16N4O4/c24-17(20-11-5-6-15-16(9-11)27-8-7-26-15)10-14-18(25)22-19-21-12-3-1-2-4-13(12)23(14)19/h1-6,9,14H,7-8,10H2,(H,20,24)(H,21,22,25). The third-order valence-electron chi connectivity index (χ3n) is 4.65. The van der Waals surface area contributed by atoms with Gasteiger partial charge >= 0.3 is 0 Å². The quantitative estimate of drug-likeness (QED) is 0.744. The normalized spacial score (nSPS) is 17.5. The van der Waals surface area contributed by atoms with Crippen LogP contribution in [0.3, 0.4) is 0 Å². The summed E-state index contributed by atoms with van der Waals surface area (Å²) in [5.41, 5.74) is 2.20. The predicted octanol–water partition coefficient (Wildman–Crippen LogP) is 2.33. The fourth-order valence-electron chi connectivity index (χ4n) is 3.45. The van der Waals surface area contributed by atoms with E-state index in [0.717, 1.165) is 11.0 Å². The second-order valence-electron chi connectivity index (χ2n) is 6.41. The van der Waals surface area contributed by atoms with Crippen molar-refractivity contribution in [1.82, 2.24) is 9.55 Å². The lowest BCUT2D eigenvalue weighted by Gasteiger charge is -2.19. The Morgan fingerprint density at radius 1 is 1.19 bits per heavy atom. The van der Waals surface area contributed by atoms with Crippen molar-refractivity contribution in [2.75, 3.05) is 23.8 Å². The van der Waals surface area contributed by atoms with E-state index in [9.17, 15) is 9.59 Å². The van der Waals surface area contributed by atoms with Gasteiger partial charge in [0.05, 0.1) is 17.5 Å². The van der Waals surface area contributed by atoms with E-state index in [4.69, 9.17) is 9.47 Å². The lowest BCUT2D eigenvalue weighted by Crippen LogP contribution is -2.23. The maximum atomic E-state index is 12.6. The highest BCUT2D eigenvalue weighted by Crippen LogP contribution is 2.34. The van der Waals surface area contributed by atoms with Crippen molar-refractivity contribution >= 4 is 34.5 Å². The van der Waals surface area contributed by atoms with Gasteiger partial charge in [0, 0.05) is 11.8 Å². The van der Waals surface area contributed by atoms with E-state index in [1.54, 1.807) is 22.8 Å². The van der Waals surface area contributed by atoms with E-state index in [2.05, 4.69) is 15.6 Å². The molecule has 0 saturated heterocycles. The van der Waals surface area contributed by atoms with Crippen molar-refractivity contribution < 1.29 is 19.1 Å². The Hall–Kier alpha value is -3.55. The number of carbonyl (C=O) groups is 2. The zero-order valence-corrected chi connectivity index (χ0v) is 14.3. The minimum Gasteiger partial charge on any atom is -0.486 e. The van der Waals surface area contributed by atoms with Gasteiger partial charge in [0.15, 0.2) is 11.5 Å². The minimum atomic E-state index is -0.635. The van der Waals surface area contributed by atoms with E-state index >= 15 is 0 Å². The second kappa shape index (κ2) is 6.01. The van der Waals surface area contributed by atoms with Crippen molar-refractivity contribution in [3.63, 3.8) is 0 Å². The van der Waals surface area contributed by atoms with E-state index < -0.39 is 6.04 Å². The molecule has 5 rings (SSSR count). The number of hydrogen-bond acceptors (Lipinski definition) is 5. The smallest absolute Gasteiger partial charge is 0.250 e. The van der Waals surface area contributed by atoms with Crippen LogP contribution >= 0.6 is 0 Å². The van der Waals surface area contributed by atoms with Gasteiger partial charge in [0.1, 0.15) is 19.3 Å². The summed E-state index contributed by atoms with van der Waals surface area (Å²) in [7, 11) is 0. The number of hydrogen-bond donors (Lipinski definition) is 2. The number of aromatic nitrogens is 2. The zero-order chi connectivity index (χ0) is 18.4. The first kappa shape index (κ1) is 15.7. The Balaban J connectivity index is 1.37. The molecule has 2 amide bonds. The van der Waals surface area contributed by atoms with Crippen molar-refractivity contribution in [3.05, 3.63) is 42.5 Å². The number of amides is 2. The minimum absolute atomic E-state index is 0.00757. The molecular weight excluding hydrogens is 348 g/mol. The molecule has 2 aromatic carbocycles.